The molecular formula is C18H29BrNO2+. The molecule has 1 fully saturated rings. The molecule has 1 aliphatic carbocycles. The average molecular weight is 371 g/mol. The Morgan fingerprint density at radius 2 is 1.82 bits per heavy atom. The molecule has 4 heteroatoms. The molecule has 0 radical (unpaired) electrons. The molecule has 0 atom stereocenters. The first-order valence-electron chi connectivity index (χ1n) is 8.57. The maximum absolute atomic E-state index is 5.66. The first-order valence-corrected chi connectivity index (χ1v) is 9.36. The molecule has 2 N–H and O–H groups in total. The Morgan fingerprint density at radius 3 is 2.45 bits per heavy atom. The summed E-state index contributed by atoms with van der Waals surface area (Å²) in [5.74, 6) is 1.62. The van der Waals surface area contributed by atoms with Crippen LogP contribution in [0.3, 0.4) is 0 Å². The molecule has 1 aromatic carbocycles. The molecule has 0 bridgehead atoms. The Kier molecular flexibility index (Phi) is 7.53. The highest BCUT2D eigenvalue weighted by Gasteiger charge is 2.16. The highest BCUT2D eigenvalue weighted by Crippen LogP contribution is 2.36. The summed E-state index contributed by atoms with van der Waals surface area (Å²) in [6.07, 6.45) is 9.73. The first-order chi connectivity index (χ1) is 10.7. The summed E-state index contributed by atoms with van der Waals surface area (Å²) in [7, 11) is 1.70. The van der Waals surface area contributed by atoms with Gasteiger partial charge in [0.25, 0.3) is 0 Å². The Hall–Kier alpha value is -0.740. The third-order valence-electron chi connectivity index (χ3n) is 4.41. The van der Waals surface area contributed by atoms with Crippen LogP contribution in [0.1, 0.15) is 57.4 Å². The van der Waals surface area contributed by atoms with Gasteiger partial charge in [-0.15, -0.1) is 0 Å². The number of rotatable bonds is 6. The Balaban J connectivity index is 1.98. The fraction of sp³-hybridized carbons (Fsp3) is 0.667. The van der Waals surface area contributed by atoms with Crippen LogP contribution in [-0.4, -0.2) is 19.8 Å². The second kappa shape index (κ2) is 9.41. The van der Waals surface area contributed by atoms with Crippen molar-refractivity contribution in [2.24, 2.45) is 0 Å². The third kappa shape index (κ3) is 5.17. The number of benzene rings is 1. The van der Waals surface area contributed by atoms with Crippen molar-refractivity contribution in [3.05, 3.63) is 22.2 Å². The van der Waals surface area contributed by atoms with E-state index in [2.05, 4.69) is 33.4 Å². The lowest BCUT2D eigenvalue weighted by atomic mass is 9.96. The van der Waals surface area contributed by atoms with Crippen LogP contribution < -0.4 is 14.8 Å². The quantitative estimate of drug-likeness (QED) is 0.819. The summed E-state index contributed by atoms with van der Waals surface area (Å²) in [6, 6.07) is 5.04. The lowest BCUT2D eigenvalue weighted by molar-refractivity contribution is -0.706. The van der Waals surface area contributed by atoms with Gasteiger partial charge in [0.2, 0.25) is 0 Å². The number of hydrogen-bond acceptors (Lipinski definition) is 2. The molecule has 22 heavy (non-hydrogen) atoms. The number of hydrogen-bond donors (Lipinski definition) is 1. The summed E-state index contributed by atoms with van der Waals surface area (Å²) in [5, 5.41) is 2.51. The fourth-order valence-electron chi connectivity index (χ4n) is 3.20. The van der Waals surface area contributed by atoms with Crippen molar-refractivity contribution >= 4 is 15.9 Å². The van der Waals surface area contributed by atoms with Crippen molar-refractivity contribution in [2.75, 3.05) is 13.7 Å². The molecule has 1 aliphatic rings. The summed E-state index contributed by atoms with van der Waals surface area (Å²) in [4.78, 5) is 0. The summed E-state index contributed by atoms with van der Waals surface area (Å²) in [5.41, 5.74) is 1.29. The minimum Gasteiger partial charge on any atom is -0.493 e. The molecule has 0 heterocycles. The van der Waals surface area contributed by atoms with E-state index in [1.54, 1.807) is 7.11 Å². The smallest absolute Gasteiger partial charge is 0.175 e. The van der Waals surface area contributed by atoms with Gasteiger partial charge in [-0.3, -0.25) is 0 Å². The first kappa shape index (κ1) is 17.6. The van der Waals surface area contributed by atoms with E-state index in [0.717, 1.165) is 28.6 Å². The topological polar surface area (TPSA) is 35.1 Å². The van der Waals surface area contributed by atoms with Crippen LogP contribution in [0, 0.1) is 0 Å². The van der Waals surface area contributed by atoms with Gasteiger partial charge in [-0.05, 0) is 60.7 Å². The predicted octanol–water partition coefficient (Wildman–Crippen LogP) is 4.03. The van der Waals surface area contributed by atoms with Gasteiger partial charge < -0.3 is 14.8 Å². The van der Waals surface area contributed by atoms with Gasteiger partial charge in [-0.2, -0.15) is 0 Å². The van der Waals surface area contributed by atoms with Crippen LogP contribution in [-0.2, 0) is 6.54 Å². The fourth-order valence-corrected chi connectivity index (χ4v) is 3.81. The molecule has 124 valence electrons. The molecule has 2 rings (SSSR count). The van der Waals surface area contributed by atoms with Gasteiger partial charge in [-0.1, -0.05) is 19.3 Å². The standard InChI is InChI=1S/C18H28BrNO2/c1-3-22-18-16(19)11-14(12-17(18)21-2)13-20-15-9-7-5-4-6-8-10-15/h11-12,15,20H,3-10,13H2,1-2H3/p+1. The van der Waals surface area contributed by atoms with E-state index < -0.39 is 0 Å². The van der Waals surface area contributed by atoms with Gasteiger partial charge in [0.15, 0.2) is 11.5 Å². The number of ether oxygens (including phenoxy) is 2. The van der Waals surface area contributed by atoms with Gasteiger partial charge >= 0.3 is 0 Å². The van der Waals surface area contributed by atoms with E-state index >= 15 is 0 Å². The lowest BCUT2D eigenvalue weighted by Crippen LogP contribution is -2.88. The SMILES string of the molecule is CCOc1c(Br)cc(C[NH2+]C2CCCCCCC2)cc1OC. The largest absolute Gasteiger partial charge is 0.493 e. The van der Waals surface area contributed by atoms with Crippen LogP contribution in [0.25, 0.3) is 0 Å². The molecule has 0 amide bonds. The molecule has 3 nitrogen and oxygen atoms in total. The van der Waals surface area contributed by atoms with E-state index in [1.165, 1.54) is 50.5 Å². The summed E-state index contributed by atoms with van der Waals surface area (Å²) >= 11 is 3.61. The molecule has 1 saturated carbocycles. The van der Waals surface area contributed by atoms with Crippen LogP contribution in [0.2, 0.25) is 0 Å². The molecule has 0 saturated heterocycles. The van der Waals surface area contributed by atoms with Gasteiger partial charge in [0.05, 0.1) is 24.2 Å². The summed E-state index contributed by atoms with van der Waals surface area (Å²) in [6.45, 7) is 3.64. The zero-order chi connectivity index (χ0) is 15.8. The van der Waals surface area contributed by atoms with Crippen molar-refractivity contribution in [3.63, 3.8) is 0 Å². The summed E-state index contributed by atoms with van der Waals surface area (Å²) < 4.78 is 12.1. The molecular weight excluding hydrogens is 342 g/mol. The predicted molar refractivity (Wildman–Crippen MR) is 93.6 cm³/mol. The van der Waals surface area contributed by atoms with Gasteiger partial charge in [0, 0.05) is 5.56 Å². The third-order valence-corrected chi connectivity index (χ3v) is 5.00. The lowest BCUT2D eigenvalue weighted by Gasteiger charge is -2.19. The average Bonchev–Trinajstić information content (AvgIpc) is 2.48. The number of halogens is 1. The maximum Gasteiger partial charge on any atom is 0.175 e. The van der Waals surface area contributed by atoms with Gasteiger partial charge in [0.1, 0.15) is 6.54 Å². The molecule has 0 aromatic heterocycles. The van der Waals surface area contributed by atoms with E-state index in [4.69, 9.17) is 9.47 Å². The van der Waals surface area contributed by atoms with Crippen LogP contribution >= 0.6 is 15.9 Å². The van der Waals surface area contributed by atoms with Crippen molar-refractivity contribution in [1.82, 2.24) is 0 Å². The van der Waals surface area contributed by atoms with Crippen molar-refractivity contribution in [1.29, 1.82) is 0 Å². The highest BCUT2D eigenvalue weighted by molar-refractivity contribution is 9.10. The van der Waals surface area contributed by atoms with Crippen LogP contribution in [0.15, 0.2) is 16.6 Å². The number of methoxy groups -OCH3 is 1. The highest BCUT2D eigenvalue weighted by atomic mass is 79.9. The minimum absolute atomic E-state index is 0.641. The van der Waals surface area contributed by atoms with Crippen molar-refractivity contribution in [2.45, 2.75) is 64.5 Å². The Morgan fingerprint density at radius 1 is 1.14 bits per heavy atom. The monoisotopic (exact) mass is 370 g/mol. The molecule has 1 aromatic rings. The number of nitrogens with two attached hydrogens (primary N) is 1. The van der Waals surface area contributed by atoms with E-state index in [9.17, 15) is 0 Å². The number of quaternary nitrogens is 1. The van der Waals surface area contributed by atoms with E-state index in [0.29, 0.717) is 6.61 Å². The normalized spacial score (nSPS) is 16.9. The van der Waals surface area contributed by atoms with Crippen molar-refractivity contribution in [3.8, 4) is 11.5 Å². The Labute approximate surface area is 142 Å². The van der Waals surface area contributed by atoms with Crippen molar-refractivity contribution < 1.29 is 14.8 Å². The van der Waals surface area contributed by atoms with E-state index in [-0.39, 0.29) is 0 Å². The van der Waals surface area contributed by atoms with E-state index in [1.807, 2.05) is 6.92 Å². The van der Waals surface area contributed by atoms with Crippen LogP contribution in [0.4, 0.5) is 0 Å². The molecule has 0 spiro atoms. The second-order valence-electron chi connectivity index (χ2n) is 6.09. The van der Waals surface area contributed by atoms with Crippen LogP contribution in [0.5, 0.6) is 11.5 Å². The Bertz CT molecular complexity index is 457. The second-order valence-corrected chi connectivity index (χ2v) is 6.94. The molecule has 0 unspecified atom stereocenters. The zero-order valence-corrected chi connectivity index (χ0v) is 15.5. The zero-order valence-electron chi connectivity index (χ0n) is 13.9. The minimum atomic E-state index is 0.641. The van der Waals surface area contributed by atoms with Gasteiger partial charge in [-0.25, -0.2) is 0 Å². The maximum atomic E-state index is 5.66. The molecule has 0 aliphatic heterocycles.